The fourth-order valence-electron chi connectivity index (χ4n) is 2.24. The second-order valence-electron chi connectivity index (χ2n) is 7.39. The molecule has 1 aromatic heterocycles. The number of hydrogen-bond donors (Lipinski definition) is 1. The van der Waals surface area contributed by atoms with Crippen molar-refractivity contribution >= 4 is 11.5 Å². The van der Waals surface area contributed by atoms with Gasteiger partial charge in [0, 0.05) is 12.6 Å². The Morgan fingerprint density at radius 3 is 2.52 bits per heavy atom. The normalized spacial score (nSPS) is 15.3. The highest BCUT2D eigenvalue weighted by Crippen LogP contribution is 2.34. The fourth-order valence-corrected chi connectivity index (χ4v) is 2.24. The summed E-state index contributed by atoms with van der Waals surface area (Å²) >= 11 is 0. The third-order valence-electron chi connectivity index (χ3n) is 3.51. The molecule has 2 N–H and O–H groups in total. The Bertz CT molecular complexity index is 475. The maximum absolute atomic E-state index is 6.00. The average Bonchev–Trinajstić information content (AvgIpc) is 3.15. The predicted octanol–water partition coefficient (Wildman–Crippen LogP) is 3.86. The zero-order valence-corrected chi connectivity index (χ0v) is 14.0. The van der Waals surface area contributed by atoms with Gasteiger partial charge in [0.1, 0.15) is 11.4 Å². The van der Waals surface area contributed by atoms with E-state index in [4.69, 9.17) is 10.5 Å². The molecule has 0 amide bonds. The van der Waals surface area contributed by atoms with Crippen molar-refractivity contribution in [3.05, 3.63) is 12.1 Å². The molecule has 1 aliphatic rings. The molecule has 0 radical (unpaired) electrons. The Kier molecular flexibility index (Phi) is 4.64. The molecule has 0 atom stereocenters. The van der Waals surface area contributed by atoms with Crippen molar-refractivity contribution in [3.63, 3.8) is 0 Å². The lowest BCUT2D eigenvalue weighted by Gasteiger charge is -2.27. The van der Waals surface area contributed by atoms with E-state index in [0.717, 1.165) is 12.4 Å². The van der Waals surface area contributed by atoms with Crippen molar-refractivity contribution in [1.29, 1.82) is 0 Å². The molecule has 1 aliphatic carbocycles. The van der Waals surface area contributed by atoms with Crippen LogP contribution < -0.4 is 15.4 Å². The van der Waals surface area contributed by atoms with Crippen LogP contribution in [0.1, 0.15) is 53.9 Å². The van der Waals surface area contributed by atoms with Gasteiger partial charge >= 0.3 is 0 Å². The van der Waals surface area contributed by atoms with Gasteiger partial charge in [0.2, 0.25) is 5.88 Å². The second-order valence-corrected chi connectivity index (χ2v) is 7.39. The topological polar surface area (TPSA) is 51.4 Å². The van der Waals surface area contributed by atoms with Crippen LogP contribution in [0.15, 0.2) is 12.1 Å². The van der Waals surface area contributed by atoms with Crippen LogP contribution in [0, 0.1) is 5.92 Å². The summed E-state index contributed by atoms with van der Waals surface area (Å²) in [6, 6.07) is 4.57. The molecule has 4 nitrogen and oxygen atoms in total. The van der Waals surface area contributed by atoms with Gasteiger partial charge in [-0.3, -0.25) is 0 Å². The third kappa shape index (κ3) is 4.80. The van der Waals surface area contributed by atoms with Gasteiger partial charge in [-0.05, 0) is 58.1 Å². The van der Waals surface area contributed by atoms with Crippen LogP contribution in [0.5, 0.6) is 5.88 Å². The fraction of sp³-hybridized carbons (Fsp3) is 0.706. The van der Waals surface area contributed by atoms with E-state index in [-0.39, 0.29) is 5.60 Å². The number of hydrogen-bond acceptors (Lipinski definition) is 4. The Morgan fingerprint density at radius 1 is 1.33 bits per heavy atom. The Balaban J connectivity index is 2.18. The largest absolute Gasteiger partial charge is 0.470 e. The van der Waals surface area contributed by atoms with Gasteiger partial charge in [-0.25, -0.2) is 0 Å². The quantitative estimate of drug-likeness (QED) is 0.864. The third-order valence-corrected chi connectivity index (χ3v) is 3.51. The maximum atomic E-state index is 6.00. The van der Waals surface area contributed by atoms with E-state index < -0.39 is 0 Å². The molecule has 0 unspecified atom stereocenters. The number of anilines is 2. The first-order valence-corrected chi connectivity index (χ1v) is 7.98. The standard InChI is InChI=1S/C17H29N3O/c1-12(2)10-11-20(13-6-7-13)15-9-8-14(18)16(19-15)21-17(3,4)5/h8-9,12-13H,6-7,10-11,18H2,1-5H3. The van der Waals surface area contributed by atoms with Crippen molar-refractivity contribution in [3.8, 4) is 5.88 Å². The van der Waals surface area contributed by atoms with E-state index in [2.05, 4.69) is 23.7 Å². The minimum absolute atomic E-state index is 0.290. The molecule has 0 bridgehead atoms. The molecule has 118 valence electrons. The Labute approximate surface area is 128 Å². The molecule has 2 rings (SSSR count). The molecular formula is C17H29N3O. The molecule has 0 aliphatic heterocycles. The average molecular weight is 291 g/mol. The summed E-state index contributed by atoms with van der Waals surface area (Å²) in [4.78, 5) is 7.09. The summed E-state index contributed by atoms with van der Waals surface area (Å²) < 4.78 is 5.89. The van der Waals surface area contributed by atoms with Crippen molar-refractivity contribution in [2.24, 2.45) is 5.92 Å². The zero-order valence-electron chi connectivity index (χ0n) is 14.0. The van der Waals surface area contributed by atoms with Crippen molar-refractivity contribution < 1.29 is 4.74 Å². The van der Waals surface area contributed by atoms with Crippen molar-refractivity contribution in [2.75, 3.05) is 17.2 Å². The number of aromatic nitrogens is 1. The monoisotopic (exact) mass is 291 g/mol. The van der Waals surface area contributed by atoms with Crippen LogP contribution >= 0.6 is 0 Å². The Hall–Kier alpha value is -1.45. The molecule has 0 aromatic carbocycles. The van der Waals surface area contributed by atoms with E-state index >= 15 is 0 Å². The lowest BCUT2D eigenvalue weighted by molar-refractivity contribution is 0.125. The molecular weight excluding hydrogens is 262 g/mol. The zero-order chi connectivity index (χ0) is 15.6. The second kappa shape index (κ2) is 6.12. The number of nitrogens with two attached hydrogens (primary N) is 1. The highest BCUT2D eigenvalue weighted by Gasteiger charge is 2.30. The minimum atomic E-state index is -0.290. The van der Waals surface area contributed by atoms with E-state index in [0.29, 0.717) is 23.5 Å². The molecule has 21 heavy (non-hydrogen) atoms. The maximum Gasteiger partial charge on any atom is 0.239 e. The van der Waals surface area contributed by atoms with Gasteiger partial charge < -0.3 is 15.4 Å². The van der Waals surface area contributed by atoms with E-state index in [9.17, 15) is 0 Å². The van der Waals surface area contributed by atoms with Crippen LogP contribution in [-0.4, -0.2) is 23.2 Å². The predicted molar refractivity (Wildman–Crippen MR) is 88.9 cm³/mol. The van der Waals surface area contributed by atoms with Crippen LogP contribution in [-0.2, 0) is 0 Å². The summed E-state index contributed by atoms with van der Waals surface area (Å²) in [6.07, 6.45) is 3.71. The van der Waals surface area contributed by atoms with Gasteiger partial charge in [-0.1, -0.05) is 13.8 Å². The number of nitrogen functional groups attached to an aromatic ring is 1. The smallest absolute Gasteiger partial charge is 0.239 e. The van der Waals surface area contributed by atoms with Gasteiger partial charge in [-0.2, -0.15) is 4.98 Å². The molecule has 1 saturated carbocycles. The van der Waals surface area contributed by atoms with Crippen molar-refractivity contribution in [2.45, 2.75) is 65.5 Å². The summed E-state index contributed by atoms with van der Waals surface area (Å²) in [6.45, 7) is 11.6. The number of rotatable bonds is 6. The SMILES string of the molecule is CC(C)CCN(c1ccc(N)c(OC(C)(C)C)n1)C1CC1. The van der Waals surface area contributed by atoms with Crippen LogP contribution in [0.3, 0.4) is 0 Å². The highest BCUT2D eigenvalue weighted by molar-refractivity contribution is 5.55. The molecule has 1 fully saturated rings. The molecule has 1 aromatic rings. The first kappa shape index (κ1) is 15.9. The van der Waals surface area contributed by atoms with Crippen molar-refractivity contribution in [1.82, 2.24) is 4.98 Å². The number of ether oxygens (including phenoxy) is 1. The number of pyridine rings is 1. The summed E-state index contributed by atoms with van der Waals surface area (Å²) in [7, 11) is 0. The van der Waals surface area contributed by atoms with Gasteiger partial charge in [0.25, 0.3) is 0 Å². The highest BCUT2D eigenvalue weighted by atomic mass is 16.5. The lowest BCUT2D eigenvalue weighted by Crippen LogP contribution is -2.29. The summed E-state index contributed by atoms with van der Waals surface area (Å²) in [5.74, 6) is 2.24. The van der Waals surface area contributed by atoms with Gasteiger partial charge in [0.05, 0.1) is 5.69 Å². The first-order chi connectivity index (χ1) is 9.76. The van der Waals surface area contributed by atoms with Gasteiger partial charge in [-0.15, -0.1) is 0 Å². The van der Waals surface area contributed by atoms with E-state index in [1.54, 1.807) is 0 Å². The molecule has 4 heteroatoms. The van der Waals surface area contributed by atoms with Gasteiger partial charge in [0.15, 0.2) is 0 Å². The lowest BCUT2D eigenvalue weighted by atomic mass is 10.1. The molecule has 1 heterocycles. The summed E-state index contributed by atoms with van der Waals surface area (Å²) in [5, 5.41) is 0. The molecule has 0 spiro atoms. The van der Waals surface area contributed by atoms with E-state index in [1.807, 2.05) is 32.9 Å². The van der Waals surface area contributed by atoms with E-state index in [1.165, 1.54) is 19.3 Å². The minimum Gasteiger partial charge on any atom is -0.470 e. The van der Waals surface area contributed by atoms with Crippen LogP contribution in [0.2, 0.25) is 0 Å². The number of nitrogens with zero attached hydrogens (tertiary/aromatic N) is 2. The summed E-state index contributed by atoms with van der Waals surface area (Å²) in [5.41, 5.74) is 6.32. The van der Waals surface area contributed by atoms with Crippen LogP contribution in [0.25, 0.3) is 0 Å². The Morgan fingerprint density at radius 2 is 2.00 bits per heavy atom. The molecule has 0 saturated heterocycles. The van der Waals surface area contributed by atoms with Crippen LogP contribution in [0.4, 0.5) is 11.5 Å². The first-order valence-electron chi connectivity index (χ1n) is 7.98.